The third kappa shape index (κ3) is 5.61. The maximum absolute atomic E-state index is 11.4. The summed E-state index contributed by atoms with van der Waals surface area (Å²) in [6.07, 6.45) is 0. The third-order valence-electron chi connectivity index (χ3n) is 1.82. The maximum Gasteiger partial charge on any atom is 0.326 e. The number of amides is 1. The summed E-state index contributed by atoms with van der Waals surface area (Å²) in [5, 5.41) is 19.7. The molecule has 0 fully saturated rings. The average molecular weight is 244 g/mol. The number of hydrogen-bond acceptors (Lipinski definition) is 4. The first-order chi connectivity index (χ1) is 7.29. The van der Waals surface area contributed by atoms with Crippen molar-refractivity contribution in [3.05, 3.63) is 0 Å². The van der Waals surface area contributed by atoms with E-state index < -0.39 is 17.4 Å². The molecule has 0 aliphatic heterocycles. The summed E-state index contributed by atoms with van der Waals surface area (Å²) in [5.74, 6) is -1.08. The average Bonchev–Trinajstić information content (AvgIpc) is 2.12. The lowest BCUT2D eigenvalue weighted by molar-refractivity contribution is -0.144. The van der Waals surface area contributed by atoms with Crippen molar-refractivity contribution in [2.24, 2.45) is 5.41 Å². The molecule has 5 nitrogen and oxygen atoms in total. The molecule has 16 heavy (non-hydrogen) atoms. The molecule has 0 aromatic heterocycles. The van der Waals surface area contributed by atoms with Gasteiger partial charge in [0, 0.05) is 0 Å². The van der Waals surface area contributed by atoms with E-state index >= 15 is 0 Å². The quantitative estimate of drug-likeness (QED) is 0.700. The van der Waals surface area contributed by atoms with Gasteiger partial charge in [-0.2, -0.15) is 5.26 Å². The molecule has 6 heteroatoms. The number of nitriles is 1. The van der Waals surface area contributed by atoms with E-state index in [1.165, 1.54) is 0 Å². The summed E-state index contributed by atoms with van der Waals surface area (Å²) in [6.45, 7) is 5.23. The molecule has 0 heterocycles. The van der Waals surface area contributed by atoms with Crippen molar-refractivity contribution in [3.63, 3.8) is 0 Å². The van der Waals surface area contributed by atoms with Crippen molar-refractivity contribution in [3.8, 4) is 6.07 Å². The first-order valence-corrected chi connectivity index (χ1v) is 5.91. The van der Waals surface area contributed by atoms with Gasteiger partial charge in [-0.05, 0) is 5.41 Å². The number of aliphatic carboxylic acids is 1. The predicted octanol–water partition coefficient (Wildman–Crippen LogP) is 0.859. The first-order valence-electron chi connectivity index (χ1n) is 4.76. The topological polar surface area (TPSA) is 90.2 Å². The van der Waals surface area contributed by atoms with E-state index in [2.05, 4.69) is 5.32 Å². The van der Waals surface area contributed by atoms with E-state index in [0.29, 0.717) is 0 Å². The van der Waals surface area contributed by atoms with Crippen molar-refractivity contribution in [2.75, 3.05) is 11.5 Å². The van der Waals surface area contributed by atoms with Gasteiger partial charge in [0.05, 0.1) is 17.6 Å². The largest absolute Gasteiger partial charge is 0.480 e. The number of nitrogens with zero attached hydrogens (tertiary/aromatic N) is 1. The van der Waals surface area contributed by atoms with Crippen LogP contribution in [-0.2, 0) is 9.59 Å². The Labute approximate surface area is 99.2 Å². The molecule has 0 saturated heterocycles. The van der Waals surface area contributed by atoms with Crippen LogP contribution in [0.3, 0.4) is 0 Å². The van der Waals surface area contributed by atoms with Gasteiger partial charge in [0.1, 0.15) is 6.04 Å². The number of carboxylic acids is 1. The van der Waals surface area contributed by atoms with Crippen LogP contribution in [0.4, 0.5) is 0 Å². The Balaban J connectivity index is 4.27. The normalized spacial score (nSPS) is 12.6. The summed E-state index contributed by atoms with van der Waals surface area (Å²) in [5.41, 5.74) is -0.540. The summed E-state index contributed by atoms with van der Waals surface area (Å²) in [7, 11) is 0. The summed E-state index contributed by atoms with van der Waals surface area (Å²) >= 11 is 1.16. The van der Waals surface area contributed by atoms with Gasteiger partial charge in [0.2, 0.25) is 5.91 Å². The first kappa shape index (κ1) is 14.8. The van der Waals surface area contributed by atoms with E-state index in [9.17, 15) is 9.59 Å². The Kier molecular flexibility index (Phi) is 5.89. The lowest BCUT2D eigenvalue weighted by Crippen LogP contribution is -2.49. The second-order valence-corrected chi connectivity index (χ2v) is 5.34. The SMILES string of the molecule is CC(C)(C)C(NC(=O)CSCC#N)C(=O)O. The molecule has 0 saturated carbocycles. The van der Waals surface area contributed by atoms with E-state index in [0.717, 1.165) is 11.8 Å². The second kappa shape index (κ2) is 6.38. The molecular weight excluding hydrogens is 228 g/mol. The number of carbonyl (C=O) groups excluding carboxylic acids is 1. The zero-order chi connectivity index (χ0) is 12.8. The predicted molar refractivity (Wildman–Crippen MR) is 62.0 cm³/mol. The van der Waals surface area contributed by atoms with E-state index in [4.69, 9.17) is 10.4 Å². The fourth-order valence-corrected chi connectivity index (χ4v) is 1.50. The number of rotatable bonds is 5. The highest BCUT2D eigenvalue weighted by Gasteiger charge is 2.32. The Morgan fingerprint density at radius 3 is 2.44 bits per heavy atom. The number of carboxylic acid groups (broad SMARTS) is 1. The van der Waals surface area contributed by atoms with Gasteiger partial charge < -0.3 is 10.4 Å². The van der Waals surface area contributed by atoms with Crippen LogP contribution in [0.25, 0.3) is 0 Å². The smallest absolute Gasteiger partial charge is 0.326 e. The molecule has 0 rings (SSSR count). The van der Waals surface area contributed by atoms with Gasteiger partial charge in [-0.1, -0.05) is 20.8 Å². The van der Waals surface area contributed by atoms with Gasteiger partial charge in [-0.3, -0.25) is 4.79 Å². The molecule has 0 spiro atoms. The number of thioether (sulfide) groups is 1. The minimum Gasteiger partial charge on any atom is -0.480 e. The van der Waals surface area contributed by atoms with Crippen molar-refractivity contribution in [2.45, 2.75) is 26.8 Å². The zero-order valence-electron chi connectivity index (χ0n) is 9.61. The number of nitrogens with one attached hydrogen (secondary N) is 1. The van der Waals surface area contributed by atoms with Crippen LogP contribution in [-0.4, -0.2) is 34.5 Å². The molecule has 2 N–H and O–H groups in total. The fourth-order valence-electron chi connectivity index (χ4n) is 1.04. The van der Waals surface area contributed by atoms with Gasteiger partial charge >= 0.3 is 5.97 Å². The van der Waals surface area contributed by atoms with Crippen molar-refractivity contribution >= 4 is 23.6 Å². The highest BCUT2D eigenvalue weighted by Crippen LogP contribution is 2.19. The molecule has 0 aromatic carbocycles. The van der Waals surface area contributed by atoms with Crippen LogP contribution in [0.2, 0.25) is 0 Å². The van der Waals surface area contributed by atoms with Crippen molar-refractivity contribution in [1.82, 2.24) is 5.32 Å². The molecule has 0 aliphatic rings. The van der Waals surface area contributed by atoms with E-state index in [1.807, 2.05) is 6.07 Å². The monoisotopic (exact) mass is 244 g/mol. The Morgan fingerprint density at radius 2 is 2.06 bits per heavy atom. The summed E-state index contributed by atoms with van der Waals surface area (Å²) in [4.78, 5) is 22.3. The molecule has 1 amide bonds. The molecule has 1 unspecified atom stereocenters. The van der Waals surface area contributed by atoms with Gasteiger partial charge in [-0.25, -0.2) is 4.79 Å². The van der Waals surface area contributed by atoms with Crippen LogP contribution in [0.1, 0.15) is 20.8 Å². The fraction of sp³-hybridized carbons (Fsp3) is 0.700. The third-order valence-corrected chi connectivity index (χ3v) is 2.62. The second-order valence-electron chi connectivity index (χ2n) is 4.36. The maximum atomic E-state index is 11.4. The van der Waals surface area contributed by atoms with Crippen LogP contribution in [0.5, 0.6) is 0 Å². The summed E-state index contributed by atoms with van der Waals surface area (Å²) < 4.78 is 0. The van der Waals surface area contributed by atoms with Crippen LogP contribution in [0, 0.1) is 16.7 Å². The zero-order valence-corrected chi connectivity index (χ0v) is 10.4. The Hall–Kier alpha value is -1.22. The van der Waals surface area contributed by atoms with Gasteiger partial charge in [0.25, 0.3) is 0 Å². The lowest BCUT2D eigenvalue weighted by Gasteiger charge is -2.27. The highest BCUT2D eigenvalue weighted by atomic mass is 32.2. The molecule has 0 radical (unpaired) electrons. The standard InChI is InChI=1S/C10H16N2O3S/c1-10(2,3)8(9(14)15)12-7(13)6-16-5-4-11/h8H,5-6H2,1-3H3,(H,12,13)(H,14,15). The minimum atomic E-state index is -1.05. The molecule has 90 valence electrons. The Bertz CT molecular complexity index is 304. The van der Waals surface area contributed by atoms with Crippen LogP contribution < -0.4 is 5.32 Å². The van der Waals surface area contributed by atoms with Crippen molar-refractivity contribution < 1.29 is 14.7 Å². The van der Waals surface area contributed by atoms with E-state index in [1.54, 1.807) is 20.8 Å². The van der Waals surface area contributed by atoms with Crippen molar-refractivity contribution in [1.29, 1.82) is 5.26 Å². The minimum absolute atomic E-state index is 0.105. The Morgan fingerprint density at radius 1 is 1.50 bits per heavy atom. The molecule has 0 aliphatic carbocycles. The molecule has 1 atom stereocenters. The van der Waals surface area contributed by atoms with Gasteiger partial charge in [0.15, 0.2) is 0 Å². The van der Waals surface area contributed by atoms with Crippen LogP contribution >= 0.6 is 11.8 Å². The molecule has 0 bridgehead atoms. The number of hydrogen-bond donors (Lipinski definition) is 2. The lowest BCUT2D eigenvalue weighted by atomic mass is 9.87. The van der Waals surface area contributed by atoms with Crippen LogP contribution in [0.15, 0.2) is 0 Å². The van der Waals surface area contributed by atoms with Gasteiger partial charge in [-0.15, -0.1) is 11.8 Å². The van der Waals surface area contributed by atoms with E-state index in [-0.39, 0.29) is 17.4 Å². The number of carbonyl (C=O) groups is 2. The molecule has 0 aromatic rings. The molecular formula is C10H16N2O3S. The highest BCUT2D eigenvalue weighted by molar-refractivity contribution is 8.00. The summed E-state index contributed by atoms with van der Waals surface area (Å²) in [6, 6.07) is 0.982.